The number of halogens is 3. The van der Waals surface area contributed by atoms with Crippen molar-refractivity contribution in [3.63, 3.8) is 0 Å². The lowest BCUT2D eigenvalue weighted by Crippen LogP contribution is -2.26. The zero-order chi connectivity index (χ0) is 16.2. The summed E-state index contributed by atoms with van der Waals surface area (Å²) in [6, 6.07) is 2.36. The molecule has 0 aliphatic carbocycles. The molecule has 1 aromatic carbocycles. The van der Waals surface area contributed by atoms with Gasteiger partial charge in [-0.05, 0) is 18.6 Å². The molecule has 1 rings (SSSR count). The van der Waals surface area contributed by atoms with E-state index in [2.05, 4.69) is 5.32 Å². The van der Waals surface area contributed by atoms with Gasteiger partial charge in [-0.1, -0.05) is 23.2 Å². The van der Waals surface area contributed by atoms with Crippen LogP contribution >= 0.6 is 33.9 Å². The summed E-state index contributed by atoms with van der Waals surface area (Å²) in [6.45, 7) is 0.267. The van der Waals surface area contributed by atoms with Crippen LogP contribution in [0.15, 0.2) is 17.0 Å². The number of nitrogens with one attached hydrogen (secondary N) is 1. The monoisotopic (exact) mass is 391 g/mol. The van der Waals surface area contributed by atoms with Crippen LogP contribution < -0.4 is 5.32 Å². The first-order chi connectivity index (χ1) is 9.64. The first-order valence-corrected chi connectivity index (χ1v) is 10.4. The van der Waals surface area contributed by atoms with E-state index >= 15 is 0 Å². The Hall–Kier alpha value is -0.340. The molecule has 0 spiro atoms. The topological polar surface area (TPSA) is 80.3 Å². The Balaban J connectivity index is 2.97. The maximum absolute atomic E-state index is 12.0. The van der Waals surface area contributed by atoms with E-state index in [0.717, 1.165) is 6.07 Å². The second-order valence-corrected chi connectivity index (χ2v) is 8.93. The quantitative estimate of drug-likeness (QED) is 0.595. The predicted molar refractivity (Wildman–Crippen MR) is 85.4 cm³/mol. The van der Waals surface area contributed by atoms with E-state index in [0.29, 0.717) is 12.2 Å². The third kappa shape index (κ3) is 5.41. The largest absolute Gasteiger partial charge is 0.352 e. The Kier molecular flexibility index (Phi) is 6.93. The van der Waals surface area contributed by atoms with Gasteiger partial charge in [0.2, 0.25) is 0 Å². The number of amides is 1. The average molecular weight is 393 g/mol. The number of rotatable bonds is 6. The lowest BCUT2D eigenvalue weighted by Gasteiger charge is -2.10. The predicted octanol–water partition coefficient (Wildman–Crippen LogP) is 2.42. The molecule has 1 atom stereocenters. The minimum atomic E-state index is -4.08. The van der Waals surface area contributed by atoms with Crippen molar-refractivity contribution in [3.05, 3.63) is 27.7 Å². The van der Waals surface area contributed by atoms with Gasteiger partial charge in [0.15, 0.2) is 0 Å². The molecule has 1 amide bonds. The van der Waals surface area contributed by atoms with Gasteiger partial charge in [-0.2, -0.15) is 0 Å². The van der Waals surface area contributed by atoms with E-state index in [1.54, 1.807) is 6.26 Å². The molecule has 0 aliphatic heterocycles. The zero-order valence-corrected chi connectivity index (χ0v) is 14.8. The highest BCUT2D eigenvalue weighted by Crippen LogP contribution is 2.32. The molecule has 0 aromatic heterocycles. The van der Waals surface area contributed by atoms with E-state index in [4.69, 9.17) is 33.9 Å². The van der Waals surface area contributed by atoms with Gasteiger partial charge in [-0.3, -0.25) is 9.00 Å². The smallest absolute Gasteiger partial charge is 0.262 e. The minimum Gasteiger partial charge on any atom is -0.352 e. The molecule has 0 fully saturated rings. The Morgan fingerprint density at radius 2 is 1.95 bits per heavy atom. The summed E-state index contributed by atoms with van der Waals surface area (Å²) >= 11 is 11.8. The highest BCUT2D eigenvalue weighted by molar-refractivity contribution is 8.13. The number of carbonyl (C=O) groups is 1. The molecule has 0 saturated carbocycles. The Labute approximate surface area is 139 Å². The molecular formula is C11H12Cl3NO4S2. The Bertz CT molecular complexity index is 676. The maximum atomic E-state index is 12.0. The van der Waals surface area contributed by atoms with Crippen LogP contribution in [0.3, 0.4) is 0 Å². The van der Waals surface area contributed by atoms with Crippen molar-refractivity contribution in [2.24, 2.45) is 0 Å². The van der Waals surface area contributed by atoms with Crippen molar-refractivity contribution >= 4 is 59.6 Å². The third-order valence-electron chi connectivity index (χ3n) is 2.44. The summed E-state index contributed by atoms with van der Waals surface area (Å²) in [7, 11) is 0.203. The summed E-state index contributed by atoms with van der Waals surface area (Å²) in [5, 5.41) is 2.22. The molecule has 0 saturated heterocycles. The van der Waals surface area contributed by atoms with Crippen molar-refractivity contribution in [1.82, 2.24) is 5.32 Å². The summed E-state index contributed by atoms with van der Waals surface area (Å²) in [5.41, 5.74) is -0.155. The Morgan fingerprint density at radius 3 is 2.48 bits per heavy atom. The summed E-state index contributed by atoms with van der Waals surface area (Å²) in [6.07, 6.45) is 2.07. The molecule has 21 heavy (non-hydrogen) atoms. The second kappa shape index (κ2) is 7.78. The highest BCUT2D eigenvalue weighted by Gasteiger charge is 2.23. The van der Waals surface area contributed by atoms with Crippen molar-refractivity contribution < 1.29 is 17.4 Å². The van der Waals surface area contributed by atoms with Crippen LogP contribution in [0.1, 0.15) is 16.8 Å². The standard InChI is InChI=1S/C11H12Cl3NO4S2/c1-20(17)6-2-5-15-11(16)9-7(12)3-4-8(10(9)13)21(14,18)19/h3-4H,2,5-6H2,1H3,(H,15,16). The molecule has 0 radical (unpaired) electrons. The van der Waals surface area contributed by atoms with Crippen LogP contribution in [-0.4, -0.2) is 37.1 Å². The average Bonchev–Trinajstić information content (AvgIpc) is 2.32. The van der Waals surface area contributed by atoms with Gasteiger partial charge in [0.05, 0.1) is 15.6 Å². The first-order valence-electron chi connectivity index (χ1n) is 5.65. The van der Waals surface area contributed by atoms with E-state index in [-0.39, 0.29) is 27.0 Å². The van der Waals surface area contributed by atoms with Gasteiger partial charge in [0.25, 0.3) is 15.0 Å². The Morgan fingerprint density at radius 1 is 1.33 bits per heavy atom. The van der Waals surface area contributed by atoms with Crippen LogP contribution in [0.25, 0.3) is 0 Å². The van der Waals surface area contributed by atoms with Crippen LogP contribution in [0.2, 0.25) is 10.0 Å². The molecule has 0 bridgehead atoms. The summed E-state index contributed by atoms with van der Waals surface area (Å²) in [5.74, 6) is -0.174. The van der Waals surface area contributed by atoms with E-state index in [1.807, 2.05) is 0 Å². The molecule has 5 nitrogen and oxygen atoms in total. The fourth-order valence-electron chi connectivity index (χ4n) is 1.50. The number of benzene rings is 1. The lowest BCUT2D eigenvalue weighted by molar-refractivity contribution is 0.0954. The molecule has 1 aromatic rings. The maximum Gasteiger partial charge on any atom is 0.262 e. The first kappa shape index (κ1) is 18.7. The normalized spacial score (nSPS) is 13.0. The lowest BCUT2D eigenvalue weighted by atomic mass is 10.2. The number of carbonyl (C=O) groups excluding carboxylic acids is 1. The van der Waals surface area contributed by atoms with Crippen molar-refractivity contribution in [2.45, 2.75) is 11.3 Å². The van der Waals surface area contributed by atoms with Gasteiger partial charge in [0.1, 0.15) is 4.90 Å². The van der Waals surface area contributed by atoms with Gasteiger partial charge < -0.3 is 5.32 Å². The highest BCUT2D eigenvalue weighted by atomic mass is 35.7. The van der Waals surface area contributed by atoms with Crippen molar-refractivity contribution in [2.75, 3.05) is 18.6 Å². The molecule has 118 valence electrons. The second-order valence-electron chi connectivity index (χ2n) is 4.06. The van der Waals surface area contributed by atoms with Gasteiger partial charge >= 0.3 is 0 Å². The van der Waals surface area contributed by atoms with Gasteiger partial charge in [0, 0.05) is 40.0 Å². The minimum absolute atomic E-state index is 0.0145. The van der Waals surface area contributed by atoms with E-state index < -0.39 is 25.8 Å². The van der Waals surface area contributed by atoms with Crippen molar-refractivity contribution in [1.29, 1.82) is 0 Å². The van der Waals surface area contributed by atoms with Gasteiger partial charge in [-0.25, -0.2) is 8.42 Å². The molecule has 1 unspecified atom stereocenters. The number of hydrogen-bond acceptors (Lipinski definition) is 4. The molecular weight excluding hydrogens is 381 g/mol. The molecule has 0 aliphatic rings. The zero-order valence-electron chi connectivity index (χ0n) is 10.9. The van der Waals surface area contributed by atoms with Crippen LogP contribution in [-0.2, 0) is 19.9 Å². The molecule has 0 heterocycles. The summed E-state index contributed by atoms with van der Waals surface area (Å²) in [4.78, 5) is 11.6. The fraction of sp³-hybridized carbons (Fsp3) is 0.364. The molecule has 1 N–H and O–H groups in total. The van der Waals surface area contributed by atoms with Crippen LogP contribution in [0, 0.1) is 0 Å². The van der Waals surface area contributed by atoms with Crippen LogP contribution in [0.5, 0.6) is 0 Å². The van der Waals surface area contributed by atoms with Gasteiger partial charge in [-0.15, -0.1) is 0 Å². The number of hydrogen-bond donors (Lipinski definition) is 1. The van der Waals surface area contributed by atoms with E-state index in [1.165, 1.54) is 6.07 Å². The SMILES string of the molecule is CS(=O)CCCNC(=O)c1c(Cl)ccc(S(=O)(=O)Cl)c1Cl. The fourth-order valence-corrected chi connectivity index (χ4v) is 3.94. The molecule has 10 heteroatoms. The van der Waals surface area contributed by atoms with Crippen LogP contribution in [0.4, 0.5) is 0 Å². The van der Waals surface area contributed by atoms with Crippen molar-refractivity contribution in [3.8, 4) is 0 Å². The third-order valence-corrected chi connectivity index (χ3v) is 5.49. The van der Waals surface area contributed by atoms with E-state index in [9.17, 15) is 17.4 Å². The summed E-state index contributed by atoms with van der Waals surface area (Å²) < 4.78 is 33.6.